The van der Waals surface area contributed by atoms with Crippen molar-refractivity contribution in [3.8, 4) is 0 Å². The smallest absolute Gasteiger partial charge is 0.305 e. The Labute approximate surface area is 187 Å². The van der Waals surface area contributed by atoms with E-state index in [0.717, 1.165) is 12.8 Å². The summed E-state index contributed by atoms with van der Waals surface area (Å²) >= 11 is 0. The Bertz CT molecular complexity index is 917. The molecule has 3 heteroatoms. The Morgan fingerprint density at radius 3 is 2.00 bits per heavy atom. The average molecular weight is 431 g/mol. The molecule has 0 radical (unpaired) electrons. The third kappa shape index (κ3) is 4.46. The van der Waals surface area contributed by atoms with Gasteiger partial charge in [0.05, 0.1) is 6.61 Å². The summed E-state index contributed by atoms with van der Waals surface area (Å²) in [6.07, 6.45) is 4.88. The molecule has 1 heterocycles. The fraction of sp³-hybridized carbons (Fsp3) is 0.321. The minimum absolute atomic E-state index is 0.0767. The highest BCUT2D eigenvalue weighted by Crippen LogP contribution is 2.67. The summed E-state index contributed by atoms with van der Waals surface area (Å²) in [4.78, 5) is 12.3. The highest BCUT2D eigenvalue weighted by atomic mass is 31.1. The van der Waals surface area contributed by atoms with E-state index in [1.165, 1.54) is 29.0 Å². The number of hydrogen-bond acceptors (Lipinski definition) is 2. The van der Waals surface area contributed by atoms with Gasteiger partial charge >= 0.3 is 5.97 Å². The van der Waals surface area contributed by atoms with Crippen LogP contribution < -0.4 is 5.30 Å². The zero-order valence-corrected chi connectivity index (χ0v) is 19.1. The van der Waals surface area contributed by atoms with Crippen molar-refractivity contribution in [3.63, 3.8) is 0 Å². The van der Waals surface area contributed by atoms with Crippen molar-refractivity contribution in [3.05, 3.63) is 102 Å². The van der Waals surface area contributed by atoms with Crippen LogP contribution in [0.25, 0.3) is 0 Å². The van der Waals surface area contributed by atoms with Crippen molar-refractivity contribution in [2.45, 2.75) is 37.8 Å². The van der Waals surface area contributed by atoms with Gasteiger partial charge in [-0.3, -0.25) is 4.79 Å². The largest absolute Gasteiger partial charge is 0.466 e. The SMILES string of the molecule is CCOC(=O)CCC1CCCP(c2ccccc2)C1(c1ccccc1)c1ccccc1. The maximum Gasteiger partial charge on any atom is 0.305 e. The predicted molar refractivity (Wildman–Crippen MR) is 130 cm³/mol. The van der Waals surface area contributed by atoms with Crippen LogP contribution in [-0.2, 0) is 14.7 Å². The predicted octanol–water partition coefficient (Wildman–Crippen LogP) is 6.49. The van der Waals surface area contributed by atoms with E-state index in [0.29, 0.717) is 18.9 Å². The third-order valence-electron chi connectivity index (χ3n) is 6.45. The highest BCUT2D eigenvalue weighted by Gasteiger charge is 2.50. The molecule has 4 rings (SSSR count). The molecule has 31 heavy (non-hydrogen) atoms. The van der Waals surface area contributed by atoms with Crippen LogP contribution in [0.5, 0.6) is 0 Å². The standard InChI is InChI=1S/C28H31O2P/c1-2-30-27(29)21-20-25-17-12-22-31(26-18-10-5-11-19-26)28(25,23-13-6-3-7-14-23)24-15-8-4-9-16-24/h3-11,13-16,18-19,25H,2,12,17,20-22H2,1H3. The first-order valence-electron chi connectivity index (χ1n) is 11.4. The van der Waals surface area contributed by atoms with E-state index in [-0.39, 0.29) is 11.1 Å². The van der Waals surface area contributed by atoms with Crippen LogP contribution >= 0.6 is 7.92 Å². The van der Waals surface area contributed by atoms with Gasteiger partial charge in [0, 0.05) is 11.6 Å². The van der Waals surface area contributed by atoms with Gasteiger partial charge in [0.2, 0.25) is 0 Å². The minimum Gasteiger partial charge on any atom is -0.466 e. The number of rotatable bonds is 7. The molecule has 1 saturated heterocycles. The van der Waals surface area contributed by atoms with E-state index in [4.69, 9.17) is 4.74 Å². The van der Waals surface area contributed by atoms with Gasteiger partial charge in [-0.15, -0.1) is 0 Å². The van der Waals surface area contributed by atoms with Crippen molar-refractivity contribution in [2.75, 3.05) is 12.8 Å². The van der Waals surface area contributed by atoms with E-state index in [2.05, 4.69) is 91.0 Å². The average Bonchev–Trinajstić information content (AvgIpc) is 2.84. The van der Waals surface area contributed by atoms with Crippen molar-refractivity contribution in [1.82, 2.24) is 0 Å². The van der Waals surface area contributed by atoms with Crippen LogP contribution in [0.4, 0.5) is 0 Å². The van der Waals surface area contributed by atoms with E-state index in [1.54, 1.807) is 0 Å². The van der Waals surface area contributed by atoms with Crippen LogP contribution in [0.1, 0.15) is 43.7 Å². The van der Waals surface area contributed by atoms with Crippen molar-refractivity contribution < 1.29 is 9.53 Å². The molecule has 3 aromatic carbocycles. The zero-order valence-electron chi connectivity index (χ0n) is 18.2. The van der Waals surface area contributed by atoms with Crippen LogP contribution in [0, 0.1) is 5.92 Å². The Morgan fingerprint density at radius 2 is 1.45 bits per heavy atom. The van der Waals surface area contributed by atoms with Crippen LogP contribution in [0.2, 0.25) is 0 Å². The van der Waals surface area contributed by atoms with Crippen molar-refractivity contribution >= 4 is 19.2 Å². The molecule has 0 bridgehead atoms. The minimum atomic E-state index is -0.497. The lowest BCUT2D eigenvalue weighted by molar-refractivity contribution is -0.143. The van der Waals surface area contributed by atoms with Crippen molar-refractivity contribution in [1.29, 1.82) is 0 Å². The van der Waals surface area contributed by atoms with Crippen LogP contribution in [0.3, 0.4) is 0 Å². The molecule has 0 spiro atoms. The van der Waals surface area contributed by atoms with E-state index in [9.17, 15) is 4.79 Å². The Balaban J connectivity index is 1.88. The molecule has 0 amide bonds. The monoisotopic (exact) mass is 430 g/mol. The molecule has 1 aliphatic rings. The maximum absolute atomic E-state index is 12.3. The number of ether oxygens (including phenoxy) is 1. The van der Waals surface area contributed by atoms with Gasteiger partial charge in [-0.05, 0) is 54.7 Å². The second-order valence-electron chi connectivity index (χ2n) is 8.17. The number of carbonyl (C=O) groups is 1. The number of hydrogen-bond donors (Lipinski definition) is 0. The molecular weight excluding hydrogens is 399 g/mol. The Kier molecular flexibility index (Phi) is 7.20. The molecule has 0 aliphatic carbocycles. The summed E-state index contributed by atoms with van der Waals surface area (Å²) < 4.78 is 5.29. The summed E-state index contributed by atoms with van der Waals surface area (Å²) in [5.41, 5.74) is 2.76. The lowest BCUT2D eigenvalue weighted by Gasteiger charge is -2.51. The third-order valence-corrected chi connectivity index (χ3v) is 9.87. The van der Waals surface area contributed by atoms with Gasteiger partial charge in [0.25, 0.3) is 0 Å². The number of carbonyl (C=O) groups excluding carboxylic acids is 1. The lowest BCUT2D eigenvalue weighted by atomic mass is 9.75. The first kappa shape index (κ1) is 21.8. The lowest BCUT2D eigenvalue weighted by Crippen LogP contribution is -2.41. The van der Waals surface area contributed by atoms with Gasteiger partial charge < -0.3 is 4.74 Å². The van der Waals surface area contributed by atoms with Gasteiger partial charge in [-0.2, -0.15) is 0 Å². The Morgan fingerprint density at radius 1 is 0.903 bits per heavy atom. The summed E-state index contributed by atoms with van der Waals surface area (Å²) in [6, 6.07) is 33.1. The van der Waals surface area contributed by atoms with Crippen LogP contribution in [-0.4, -0.2) is 18.7 Å². The molecule has 2 atom stereocenters. The zero-order chi connectivity index (χ0) is 21.5. The van der Waals surface area contributed by atoms with Crippen molar-refractivity contribution in [2.24, 2.45) is 5.92 Å². The van der Waals surface area contributed by atoms with Gasteiger partial charge in [-0.1, -0.05) is 98.9 Å². The first-order valence-corrected chi connectivity index (χ1v) is 12.9. The Hall–Kier alpha value is -2.44. The second-order valence-corrected chi connectivity index (χ2v) is 10.7. The maximum atomic E-state index is 12.3. The molecule has 0 N–H and O–H groups in total. The fourth-order valence-electron chi connectivity index (χ4n) is 5.25. The van der Waals surface area contributed by atoms with E-state index in [1.807, 2.05) is 6.92 Å². The summed E-state index contributed by atoms with van der Waals surface area (Å²) in [5, 5.41) is 1.34. The van der Waals surface area contributed by atoms with Gasteiger partial charge in [0.1, 0.15) is 0 Å². The number of benzene rings is 3. The fourth-order valence-corrected chi connectivity index (χ4v) is 8.92. The quantitative estimate of drug-likeness (QED) is 0.316. The van der Waals surface area contributed by atoms with E-state index < -0.39 is 7.92 Å². The highest BCUT2D eigenvalue weighted by molar-refractivity contribution is 7.67. The number of esters is 1. The molecule has 2 nitrogen and oxygen atoms in total. The van der Waals surface area contributed by atoms with E-state index >= 15 is 0 Å². The molecule has 0 saturated carbocycles. The van der Waals surface area contributed by atoms with Gasteiger partial charge in [0.15, 0.2) is 0 Å². The first-order chi connectivity index (χ1) is 15.3. The normalized spacial score (nSPS) is 20.2. The summed E-state index contributed by atoms with van der Waals surface area (Å²) in [5.74, 6) is 0.314. The molecule has 1 aliphatic heterocycles. The molecule has 1 fully saturated rings. The molecular formula is C28H31O2P. The summed E-state index contributed by atoms with van der Waals surface area (Å²) in [6.45, 7) is 2.33. The molecule has 3 aromatic rings. The second kappa shape index (κ2) is 10.2. The molecule has 2 unspecified atom stereocenters. The topological polar surface area (TPSA) is 26.3 Å². The summed E-state index contributed by atoms with van der Waals surface area (Å²) in [7, 11) is -0.497. The molecule has 0 aromatic heterocycles. The van der Waals surface area contributed by atoms with Gasteiger partial charge in [-0.25, -0.2) is 0 Å². The molecule has 160 valence electrons. The van der Waals surface area contributed by atoms with Crippen LogP contribution in [0.15, 0.2) is 91.0 Å².